The maximum atomic E-state index is 11.3. The Labute approximate surface area is 89.1 Å². The number of carbonyl (C=O) groups is 1. The molecule has 0 aliphatic rings. The Morgan fingerprint density at radius 2 is 2.36 bits per heavy atom. The van der Waals surface area contributed by atoms with E-state index in [9.17, 15) is 4.79 Å². The van der Waals surface area contributed by atoms with E-state index in [-0.39, 0.29) is 5.12 Å². The molecule has 0 atom stereocenters. The summed E-state index contributed by atoms with van der Waals surface area (Å²) in [6.45, 7) is 4.04. The predicted molar refractivity (Wildman–Crippen MR) is 60.2 cm³/mol. The third-order valence-electron chi connectivity index (χ3n) is 1.94. The Bertz CT molecular complexity index is 312. The Hall–Kier alpha value is -0.830. The standard InChI is InChI=1S/C11H15NOS/c1-3-5-11(13)14-8-10-9(2)6-4-7-12-10/h4,6-7H,3,5,8H2,1-2H3. The van der Waals surface area contributed by atoms with Gasteiger partial charge >= 0.3 is 0 Å². The van der Waals surface area contributed by atoms with Crippen molar-refractivity contribution in [2.24, 2.45) is 0 Å². The first-order valence-electron chi connectivity index (χ1n) is 4.80. The maximum absolute atomic E-state index is 11.3. The Morgan fingerprint density at radius 3 is 3.00 bits per heavy atom. The SMILES string of the molecule is CCCC(=O)SCc1ncccc1C. The molecule has 1 aromatic heterocycles. The number of carbonyl (C=O) groups excluding carboxylic acids is 1. The zero-order valence-electron chi connectivity index (χ0n) is 8.62. The van der Waals surface area contributed by atoms with Gasteiger partial charge < -0.3 is 0 Å². The minimum atomic E-state index is 0.262. The zero-order chi connectivity index (χ0) is 10.4. The first kappa shape index (κ1) is 11.2. The summed E-state index contributed by atoms with van der Waals surface area (Å²) in [6.07, 6.45) is 3.36. The number of aromatic nitrogens is 1. The van der Waals surface area contributed by atoms with Crippen molar-refractivity contribution < 1.29 is 4.79 Å². The molecule has 3 heteroatoms. The van der Waals surface area contributed by atoms with Gasteiger partial charge in [0.05, 0.1) is 5.69 Å². The van der Waals surface area contributed by atoms with Crippen LogP contribution in [0.5, 0.6) is 0 Å². The molecule has 0 spiro atoms. The van der Waals surface area contributed by atoms with Crippen LogP contribution in [0.25, 0.3) is 0 Å². The lowest BCUT2D eigenvalue weighted by atomic mass is 10.2. The molecule has 0 bridgehead atoms. The van der Waals surface area contributed by atoms with E-state index in [1.165, 1.54) is 11.8 Å². The summed E-state index contributed by atoms with van der Waals surface area (Å²) < 4.78 is 0. The summed E-state index contributed by atoms with van der Waals surface area (Å²) in [6, 6.07) is 3.94. The second-order valence-electron chi connectivity index (χ2n) is 3.18. The van der Waals surface area contributed by atoms with Gasteiger partial charge in [0.25, 0.3) is 0 Å². The van der Waals surface area contributed by atoms with Crippen LogP contribution in [0, 0.1) is 6.92 Å². The number of thioether (sulfide) groups is 1. The van der Waals surface area contributed by atoms with E-state index in [2.05, 4.69) is 4.98 Å². The molecule has 76 valence electrons. The van der Waals surface area contributed by atoms with Crippen molar-refractivity contribution in [3.8, 4) is 0 Å². The molecule has 1 rings (SSSR count). The average molecular weight is 209 g/mol. The van der Waals surface area contributed by atoms with Crippen molar-refractivity contribution >= 4 is 16.9 Å². The van der Waals surface area contributed by atoms with E-state index in [0.29, 0.717) is 12.2 Å². The van der Waals surface area contributed by atoms with Crippen LogP contribution in [-0.4, -0.2) is 10.1 Å². The Kier molecular flexibility index (Phi) is 4.66. The van der Waals surface area contributed by atoms with E-state index in [1.807, 2.05) is 26.0 Å². The summed E-state index contributed by atoms with van der Waals surface area (Å²) in [4.78, 5) is 15.5. The van der Waals surface area contributed by atoms with Crippen molar-refractivity contribution in [2.45, 2.75) is 32.4 Å². The van der Waals surface area contributed by atoms with E-state index in [1.54, 1.807) is 6.20 Å². The molecule has 14 heavy (non-hydrogen) atoms. The van der Waals surface area contributed by atoms with Gasteiger partial charge in [0, 0.05) is 18.4 Å². The zero-order valence-corrected chi connectivity index (χ0v) is 9.43. The number of aryl methyl sites for hydroxylation is 1. The van der Waals surface area contributed by atoms with Crippen LogP contribution in [0.2, 0.25) is 0 Å². The molecule has 0 unspecified atom stereocenters. The first-order chi connectivity index (χ1) is 6.74. The molecule has 1 aromatic rings. The average Bonchev–Trinajstić information content (AvgIpc) is 2.17. The first-order valence-corrected chi connectivity index (χ1v) is 5.78. The number of nitrogens with zero attached hydrogens (tertiary/aromatic N) is 1. The quantitative estimate of drug-likeness (QED) is 0.763. The van der Waals surface area contributed by atoms with Crippen molar-refractivity contribution in [1.29, 1.82) is 0 Å². The smallest absolute Gasteiger partial charge is 0.189 e. The van der Waals surface area contributed by atoms with Gasteiger partial charge in [0.2, 0.25) is 0 Å². The van der Waals surface area contributed by atoms with Crippen molar-refractivity contribution in [2.75, 3.05) is 0 Å². The van der Waals surface area contributed by atoms with Crippen LogP contribution in [-0.2, 0) is 10.5 Å². The molecule has 0 aromatic carbocycles. The molecule has 1 heterocycles. The molecule has 0 saturated heterocycles. The molecule has 0 amide bonds. The molecule has 0 fully saturated rings. The molecule has 0 aliphatic heterocycles. The molecule has 0 N–H and O–H groups in total. The van der Waals surface area contributed by atoms with E-state index >= 15 is 0 Å². The van der Waals surface area contributed by atoms with Gasteiger partial charge in [-0.2, -0.15) is 0 Å². The van der Waals surface area contributed by atoms with Gasteiger partial charge in [-0.3, -0.25) is 9.78 Å². The van der Waals surface area contributed by atoms with Gasteiger partial charge in [0.15, 0.2) is 5.12 Å². The highest BCUT2D eigenvalue weighted by atomic mass is 32.2. The minimum Gasteiger partial charge on any atom is -0.287 e. The summed E-state index contributed by atoms with van der Waals surface area (Å²) in [5, 5.41) is 0.262. The number of rotatable bonds is 4. The molecule has 0 aliphatic carbocycles. The monoisotopic (exact) mass is 209 g/mol. The topological polar surface area (TPSA) is 30.0 Å². The van der Waals surface area contributed by atoms with Crippen LogP contribution in [0.3, 0.4) is 0 Å². The van der Waals surface area contributed by atoms with E-state index in [4.69, 9.17) is 0 Å². The third-order valence-corrected chi connectivity index (χ3v) is 2.89. The second-order valence-corrected chi connectivity index (χ2v) is 4.21. The van der Waals surface area contributed by atoms with Gasteiger partial charge in [-0.1, -0.05) is 24.8 Å². The number of pyridine rings is 1. The van der Waals surface area contributed by atoms with E-state index < -0.39 is 0 Å². The summed E-state index contributed by atoms with van der Waals surface area (Å²) in [5.41, 5.74) is 2.17. The van der Waals surface area contributed by atoms with Gasteiger partial charge in [-0.15, -0.1) is 0 Å². The number of hydrogen-bond acceptors (Lipinski definition) is 3. The largest absolute Gasteiger partial charge is 0.287 e. The lowest BCUT2D eigenvalue weighted by Gasteiger charge is -2.02. The fourth-order valence-corrected chi connectivity index (χ4v) is 2.04. The van der Waals surface area contributed by atoms with Crippen molar-refractivity contribution in [1.82, 2.24) is 4.98 Å². The third kappa shape index (κ3) is 3.50. The minimum absolute atomic E-state index is 0.262. The van der Waals surface area contributed by atoms with Crippen LogP contribution in [0.1, 0.15) is 31.0 Å². The van der Waals surface area contributed by atoms with Gasteiger partial charge in [0.1, 0.15) is 0 Å². The molecular formula is C11H15NOS. The molecule has 0 saturated carbocycles. The van der Waals surface area contributed by atoms with Crippen LogP contribution < -0.4 is 0 Å². The molecule has 0 radical (unpaired) electrons. The van der Waals surface area contributed by atoms with Crippen LogP contribution >= 0.6 is 11.8 Å². The summed E-state index contributed by atoms with van der Waals surface area (Å²) >= 11 is 1.37. The lowest BCUT2D eigenvalue weighted by Crippen LogP contribution is -1.95. The van der Waals surface area contributed by atoms with Crippen LogP contribution in [0.4, 0.5) is 0 Å². The molecular weight excluding hydrogens is 194 g/mol. The van der Waals surface area contributed by atoms with Crippen molar-refractivity contribution in [3.63, 3.8) is 0 Å². The fourth-order valence-electron chi connectivity index (χ4n) is 1.09. The van der Waals surface area contributed by atoms with Gasteiger partial charge in [-0.25, -0.2) is 0 Å². The fraction of sp³-hybridized carbons (Fsp3) is 0.455. The highest BCUT2D eigenvalue weighted by molar-refractivity contribution is 8.12. The number of hydrogen-bond donors (Lipinski definition) is 0. The van der Waals surface area contributed by atoms with Crippen molar-refractivity contribution in [3.05, 3.63) is 29.6 Å². The van der Waals surface area contributed by atoms with Gasteiger partial charge in [-0.05, 0) is 25.0 Å². The second kappa shape index (κ2) is 5.81. The highest BCUT2D eigenvalue weighted by Gasteiger charge is 2.04. The Morgan fingerprint density at radius 1 is 1.57 bits per heavy atom. The normalized spacial score (nSPS) is 10.1. The lowest BCUT2D eigenvalue weighted by molar-refractivity contribution is -0.111. The maximum Gasteiger partial charge on any atom is 0.189 e. The molecule has 2 nitrogen and oxygen atoms in total. The summed E-state index contributed by atoms with van der Waals surface area (Å²) in [5.74, 6) is 0.700. The highest BCUT2D eigenvalue weighted by Crippen LogP contribution is 2.15. The summed E-state index contributed by atoms with van der Waals surface area (Å²) in [7, 11) is 0. The predicted octanol–water partition coefficient (Wildman–Crippen LogP) is 2.95. The Balaban J connectivity index is 2.46. The van der Waals surface area contributed by atoms with E-state index in [0.717, 1.165) is 17.7 Å². The van der Waals surface area contributed by atoms with Crippen LogP contribution in [0.15, 0.2) is 18.3 Å².